The van der Waals surface area contributed by atoms with Crippen molar-refractivity contribution in [2.24, 2.45) is 5.92 Å². The molecule has 2 aromatic rings. The summed E-state index contributed by atoms with van der Waals surface area (Å²) in [6, 6.07) is 18.6. The fourth-order valence-corrected chi connectivity index (χ4v) is 4.17. The number of ether oxygens (including phenoxy) is 1. The minimum absolute atomic E-state index is 0.0175. The van der Waals surface area contributed by atoms with Gasteiger partial charge in [-0.1, -0.05) is 56.3 Å². The van der Waals surface area contributed by atoms with Crippen molar-refractivity contribution in [3.8, 4) is 5.75 Å². The Bertz CT molecular complexity index is 820. The van der Waals surface area contributed by atoms with E-state index < -0.39 is 0 Å². The summed E-state index contributed by atoms with van der Waals surface area (Å²) < 4.78 is 6.04. The fraction of sp³-hybridized carbons (Fsp3) is 0.435. The maximum atomic E-state index is 12.7. The quantitative estimate of drug-likeness (QED) is 0.732. The van der Waals surface area contributed by atoms with Crippen LogP contribution in [0.1, 0.15) is 26.3 Å². The standard InChI is InChI=1S/C23H28N2O2/c1-17(2)15-27-20-12-8-7-11-19(20)25-21-14-24(16-23(21,25)3)22(26)13-18-9-5-4-6-10-18/h4-12,17,21H,13-16H2,1-3H3/t21-,23+,25?/m0/s1. The first-order valence-electron chi connectivity index (χ1n) is 9.82. The first-order valence-corrected chi connectivity index (χ1v) is 9.82. The maximum Gasteiger partial charge on any atom is 0.227 e. The van der Waals surface area contributed by atoms with Gasteiger partial charge in [0, 0.05) is 13.1 Å². The first kappa shape index (κ1) is 17.9. The molecule has 0 aromatic heterocycles. The van der Waals surface area contributed by atoms with Gasteiger partial charge in [-0.05, 0) is 30.5 Å². The van der Waals surface area contributed by atoms with Gasteiger partial charge in [0.05, 0.1) is 30.3 Å². The molecule has 0 N–H and O–H groups in total. The third-order valence-corrected chi connectivity index (χ3v) is 5.66. The Labute approximate surface area is 161 Å². The third kappa shape index (κ3) is 3.41. The Morgan fingerprint density at radius 2 is 1.85 bits per heavy atom. The molecular formula is C23H28N2O2. The van der Waals surface area contributed by atoms with Crippen molar-refractivity contribution in [2.45, 2.75) is 38.8 Å². The van der Waals surface area contributed by atoms with Crippen molar-refractivity contribution < 1.29 is 9.53 Å². The Morgan fingerprint density at radius 3 is 2.52 bits per heavy atom. The Balaban J connectivity index is 1.42. The molecule has 2 atom stereocenters. The van der Waals surface area contributed by atoms with Gasteiger partial charge in [0.15, 0.2) is 0 Å². The number of rotatable bonds is 6. The minimum Gasteiger partial charge on any atom is -0.491 e. The van der Waals surface area contributed by atoms with E-state index >= 15 is 0 Å². The largest absolute Gasteiger partial charge is 0.491 e. The highest BCUT2D eigenvalue weighted by Crippen LogP contribution is 2.52. The highest BCUT2D eigenvalue weighted by Gasteiger charge is 2.65. The lowest BCUT2D eigenvalue weighted by molar-refractivity contribution is -0.129. The van der Waals surface area contributed by atoms with Crippen molar-refractivity contribution in [3.05, 3.63) is 60.2 Å². The average Bonchev–Trinajstić information content (AvgIpc) is 3.05. The van der Waals surface area contributed by atoms with Gasteiger partial charge < -0.3 is 14.5 Å². The molecule has 0 saturated carbocycles. The Morgan fingerprint density at radius 1 is 1.15 bits per heavy atom. The van der Waals surface area contributed by atoms with E-state index in [1.165, 1.54) is 0 Å². The molecule has 2 aliphatic heterocycles. The normalized spacial score (nSPS) is 23.5. The maximum absolute atomic E-state index is 12.7. The van der Waals surface area contributed by atoms with Gasteiger partial charge in [0.25, 0.3) is 0 Å². The smallest absolute Gasteiger partial charge is 0.227 e. The molecule has 4 rings (SSSR count). The zero-order valence-electron chi connectivity index (χ0n) is 16.4. The number of fused-ring (bicyclic) bond motifs is 1. The van der Waals surface area contributed by atoms with E-state index in [9.17, 15) is 4.79 Å². The first-order chi connectivity index (χ1) is 13.0. The van der Waals surface area contributed by atoms with Crippen LogP contribution >= 0.6 is 0 Å². The van der Waals surface area contributed by atoms with Crippen LogP contribution in [0, 0.1) is 5.92 Å². The monoisotopic (exact) mass is 364 g/mol. The third-order valence-electron chi connectivity index (χ3n) is 5.66. The van der Waals surface area contributed by atoms with Gasteiger partial charge in [-0.25, -0.2) is 0 Å². The zero-order valence-corrected chi connectivity index (χ0v) is 16.4. The molecule has 0 radical (unpaired) electrons. The number of likely N-dealkylation sites (tertiary alicyclic amines) is 1. The van der Waals surface area contributed by atoms with Gasteiger partial charge in [0.1, 0.15) is 5.75 Å². The second kappa shape index (κ2) is 6.91. The van der Waals surface area contributed by atoms with Gasteiger partial charge in [-0.15, -0.1) is 0 Å². The van der Waals surface area contributed by atoms with E-state index in [0.717, 1.165) is 30.1 Å². The van der Waals surface area contributed by atoms with E-state index in [1.807, 2.05) is 47.4 Å². The molecule has 0 unspecified atom stereocenters. The van der Waals surface area contributed by atoms with Crippen LogP contribution in [0.25, 0.3) is 0 Å². The number of benzene rings is 2. The molecule has 2 heterocycles. The zero-order chi connectivity index (χ0) is 19.0. The summed E-state index contributed by atoms with van der Waals surface area (Å²) in [5.74, 6) is 1.66. The molecule has 2 aromatic carbocycles. The highest BCUT2D eigenvalue weighted by molar-refractivity contribution is 5.81. The van der Waals surface area contributed by atoms with Crippen LogP contribution < -0.4 is 9.64 Å². The molecule has 142 valence electrons. The summed E-state index contributed by atoms with van der Waals surface area (Å²) in [6.07, 6.45) is 0.484. The summed E-state index contributed by atoms with van der Waals surface area (Å²) in [5, 5.41) is 0. The van der Waals surface area contributed by atoms with Crippen LogP contribution in [0.5, 0.6) is 5.75 Å². The summed E-state index contributed by atoms with van der Waals surface area (Å²) in [5.41, 5.74) is 2.25. The lowest BCUT2D eigenvalue weighted by atomic mass is 10.1. The fourth-order valence-electron chi connectivity index (χ4n) is 4.17. The summed E-state index contributed by atoms with van der Waals surface area (Å²) in [4.78, 5) is 17.1. The van der Waals surface area contributed by atoms with Gasteiger partial charge >= 0.3 is 0 Å². The molecule has 4 nitrogen and oxygen atoms in total. The predicted molar refractivity (Wildman–Crippen MR) is 108 cm³/mol. The number of piperazine rings is 1. The van der Waals surface area contributed by atoms with Crippen molar-refractivity contribution >= 4 is 11.6 Å². The predicted octanol–water partition coefficient (Wildman–Crippen LogP) is 3.75. The number of anilines is 1. The van der Waals surface area contributed by atoms with Crippen LogP contribution in [0.15, 0.2) is 54.6 Å². The molecule has 4 heteroatoms. The van der Waals surface area contributed by atoms with Crippen molar-refractivity contribution in [1.29, 1.82) is 0 Å². The van der Waals surface area contributed by atoms with Crippen molar-refractivity contribution in [1.82, 2.24) is 4.90 Å². The van der Waals surface area contributed by atoms with E-state index in [1.54, 1.807) is 0 Å². The lowest BCUT2D eigenvalue weighted by Gasteiger charge is -2.25. The average molecular weight is 364 g/mol. The van der Waals surface area contributed by atoms with E-state index in [0.29, 0.717) is 25.0 Å². The lowest BCUT2D eigenvalue weighted by Crippen LogP contribution is -2.38. The SMILES string of the molecule is CC(C)COc1ccccc1N1[C@H]2CN(C(=O)Cc3ccccc3)C[C@]21C. The van der Waals surface area contributed by atoms with E-state index in [4.69, 9.17) is 4.74 Å². The molecule has 1 amide bonds. The summed E-state index contributed by atoms with van der Waals surface area (Å²) >= 11 is 0. The number of hydrogen-bond donors (Lipinski definition) is 0. The molecule has 0 bridgehead atoms. The number of nitrogens with zero attached hydrogens (tertiary/aromatic N) is 2. The molecule has 2 fully saturated rings. The van der Waals surface area contributed by atoms with Crippen LogP contribution in [0.2, 0.25) is 0 Å². The van der Waals surface area contributed by atoms with Crippen LogP contribution in [0.3, 0.4) is 0 Å². The van der Waals surface area contributed by atoms with E-state index in [-0.39, 0.29) is 11.4 Å². The molecule has 2 aliphatic rings. The molecule has 0 spiro atoms. The topological polar surface area (TPSA) is 32.5 Å². The van der Waals surface area contributed by atoms with Crippen molar-refractivity contribution in [2.75, 3.05) is 24.6 Å². The highest BCUT2D eigenvalue weighted by atomic mass is 16.5. The van der Waals surface area contributed by atoms with Crippen LogP contribution in [-0.2, 0) is 11.2 Å². The van der Waals surface area contributed by atoms with Gasteiger partial charge in [0.2, 0.25) is 5.91 Å². The molecule has 0 aliphatic carbocycles. The summed E-state index contributed by atoms with van der Waals surface area (Å²) in [6.45, 7) is 8.86. The van der Waals surface area contributed by atoms with E-state index in [2.05, 4.69) is 37.8 Å². The number of para-hydroxylation sites is 2. The van der Waals surface area contributed by atoms with Crippen LogP contribution in [-0.4, -0.2) is 42.1 Å². The van der Waals surface area contributed by atoms with Crippen molar-refractivity contribution in [3.63, 3.8) is 0 Å². The minimum atomic E-state index is 0.0175. The number of amides is 1. The number of carbonyl (C=O) groups excluding carboxylic acids is 1. The molecule has 27 heavy (non-hydrogen) atoms. The summed E-state index contributed by atoms with van der Waals surface area (Å²) in [7, 11) is 0. The Kier molecular flexibility index (Phi) is 4.58. The molecule has 2 saturated heterocycles. The Hall–Kier alpha value is -2.49. The number of hydrogen-bond acceptors (Lipinski definition) is 3. The molecular weight excluding hydrogens is 336 g/mol. The van der Waals surface area contributed by atoms with Gasteiger partial charge in [-0.3, -0.25) is 4.79 Å². The van der Waals surface area contributed by atoms with Gasteiger partial charge in [-0.2, -0.15) is 0 Å². The number of carbonyl (C=O) groups is 1. The van der Waals surface area contributed by atoms with Crippen LogP contribution in [0.4, 0.5) is 5.69 Å². The second-order valence-corrected chi connectivity index (χ2v) is 8.35. The second-order valence-electron chi connectivity index (χ2n) is 8.35.